The average Bonchev–Trinajstić information content (AvgIpc) is 2.72. The molecule has 6 nitrogen and oxygen atoms in total. The van der Waals surface area contributed by atoms with E-state index in [1.54, 1.807) is 12.1 Å². The summed E-state index contributed by atoms with van der Waals surface area (Å²) in [5, 5.41) is 6.04. The van der Waals surface area contributed by atoms with Gasteiger partial charge >= 0.3 is 6.03 Å². The highest BCUT2D eigenvalue weighted by molar-refractivity contribution is 5.97. The van der Waals surface area contributed by atoms with Crippen molar-refractivity contribution in [3.05, 3.63) is 60.2 Å². The van der Waals surface area contributed by atoms with Crippen LogP contribution in [0.3, 0.4) is 0 Å². The zero-order valence-electron chi connectivity index (χ0n) is 18.0. The molecule has 0 spiro atoms. The maximum atomic E-state index is 12.8. The zero-order valence-corrected chi connectivity index (χ0v) is 18.0. The minimum Gasteiger partial charge on any atom is -0.457 e. The molecule has 30 heavy (non-hydrogen) atoms. The van der Waals surface area contributed by atoms with E-state index < -0.39 is 0 Å². The van der Waals surface area contributed by atoms with Gasteiger partial charge in [0.15, 0.2) is 0 Å². The second-order valence-corrected chi connectivity index (χ2v) is 8.73. The van der Waals surface area contributed by atoms with Gasteiger partial charge in [0.05, 0.1) is 5.56 Å². The number of nitrogens with zero attached hydrogens (tertiary/aromatic N) is 1. The maximum absolute atomic E-state index is 12.8. The highest BCUT2D eigenvalue weighted by Crippen LogP contribution is 2.25. The molecule has 1 heterocycles. The molecule has 0 radical (unpaired) electrons. The molecule has 3 amide bonds. The van der Waals surface area contributed by atoms with Crippen LogP contribution >= 0.6 is 0 Å². The van der Waals surface area contributed by atoms with Gasteiger partial charge in [-0.15, -0.1) is 0 Å². The molecule has 6 heteroatoms. The molecule has 1 aliphatic rings. The monoisotopic (exact) mass is 409 g/mol. The summed E-state index contributed by atoms with van der Waals surface area (Å²) in [6.45, 7) is 7.94. The Bertz CT molecular complexity index is 853. The number of hydrogen-bond donors (Lipinski definition) is 2. The lowest BCUT2D eigenvalue weighted by atomic mass is 9.96. The number of ether oxygens (including phenoxy) is 1. The topological polar surface area (TPSA) is 70.7 Å². The van der Waals surface area contributed by atoms with Crippen LogP contribution < -0.4 is 15.4 Å². The summed E-state index contributed by atoms with van der Waals surface area (Å²) in [5.74, 6) is 1.44. The van der Waals surface area contributed by atoms with Gasteiger partial charge in [-0.05, 0) is 63.8 Å². The molecule has 0 atom stereocenters. The molecule has 3 rings (SSSR count). The molecule has 0 aliphatic carbocycles. The van der Waals surface area contributed by atoms with Crippen molar-refractivity contribution in [3.8, 4) is 11.5 Å². The van der Waals surface area contributed by atoms with E-state index in [1.807, 2.05) is 68.1 Å². The fraction of sp³-hybridized carbons (Fsp3) is 0.417. The largest absolute Gasteiger partial charge is 0.457 e. The molecule has 2 aromatic carbocycles. The first-order valence-corrected chi connectivity index (χ1v) is 10.5. The quantitative estimate of drug-likeness (QED) is 0.767. The van der Waals surface area contributed by atoms with Crippen LogP contribution in [0.5, 0.6) is 11.5 Å². The Morgan fingerprint density at radius 1 is 1.00 bits per heavy atom. The second kappa shape index (κ2) is 9.65. The van der Waals surface area contributed by atoms with Gasteiger partial charge in [0.1, 0.15) is 11.5 Å². The number of para-hydroxylation sites is 2. The zero-order chi connectivity index (χ0) is 21.6. The van der Waals surface area contributed by atoms with Crippen LogP contribution in [0.4, 0.5) is 4.79 Å². The molecule has 0 bridgehead atoms. The predicted molar refractivity (Wildman–Crippen MR) is 118 cm³/mol. The summed E-state index contributed by atoms with van der Waals surface area (Å²) in [7, 11) is 0. The molecule has 0 aromatic heterocycles. The number of rotatable bonds is 5. The van der Waals surface area contributed by atoms with E-state index in [2.05, 4.69) is 10.6 Å². The number of benzene rings is 2. The van der Waals surface area contributed by atoms with Crippen molar-refractivity contribution in [3.63, 3.8) is 0 Å². The lowest BCUT2D eigenvalue weighted by Crippen LogP contribution is -2.51. The number of piperidine rings is 1. The minimum atomic E-state index is -0.239. The van der Waals surface area contributed by atoms with E-state index in [4.69, 9.17) is 4.74 Å². The normalized spacial score (nSPS) is 14.8. The molecule has 1 fully saturated rings. The van der Waals surface area contributed by atoms with E-state index >= 15 is 0 Å². The fourth-order valence-corrected chi connectivity index (χ4v) is 3.43. The van der Waals surface area contributed by atoms with Crippen LogP contribution in [0.25, 0.3) is 0 Å². The predicted octanol–water partition coefficient (Wildman–Crippen LogP) is 4.43. The van der Waals surface area contributed by atoms with E-state index in [-0.39, 0.29) is 17.5 Å². The number of amides is 3. The number of carbonyl (C=O) groups is 2. The van der Waals surface area contributed by atoms with Gasteiger partial charge in [0.25, 0.3) is 5.91 Å². The summed E-state index contributed by atoms with van der Waals surface area (Å²) in [6.07, 6.45) is 1.75. The Morgan fingerprint density at radius 2 is 1.63 bits per heavy atom. The van der Waals surface area contributed by atoms with E-state index in [0.717, 1.165) is 12.8 Å². The molecule has 0 unspecified atom stereocenters. The van der Waals surface area contributed by atoms with Crippen LogP contribution in [0.1, 0.15) is 44.0 Å². The minimum absolute atomic E-state index is 0.0167. The molecule has 2 N–H and O–H groups in total. The highest BCUT2D eigenvalue weighted by Gasteiger charge is 2.25. The highest BCUT2D eigenvalue weighted by atomic mass is 16.5. The van der Waals surface area contributed by atoms with Gasteiger partial charge in [0, 0.05) is 25.2 Å². The Kier molecular flexibility index (Phi) is 6.98. The SMILES string of the molecule is CC(C)(C)NC(=O)N1CCC(CNC(=O)c2ccccc2Oc2ccccc2)CC1. The van der Waals surface area contributed by atoms with Crippen molar-refractivity contribution in [2.45, 2.75) is 39.2 Å². The Morgan fingerprint density at radius 3 is 2.30 bits per heavy atom. The maximum Gasteiger partial charge on any atom is 0.317 e. The van der Waals surface area contributed by atoms with Crippen molar-refractivity contribution in [2.24, 2.45) is 5.92 Å². The smallest absolute Gasteiger partial charge is 0.317 e. The van der Waals surface area contributed by atoms with E-state index in [0.29, 0.717) is 42.6 Å². The molecular formula is C24H31N3O3. The van der Waals surface area contributed by atoms with Crippen LogP contribution in [-0.4, -0.2) is 42.0 Å². The Hall–Kier alpha value is -3.02. The molecule has 160 valence electrons. The van der Waals surface area contributed by atoms with Gasteiger partial charge in [-0.1, -0.05) is 30.3 Å². The van der Waals surface area contributed by atoms with Crippen LogP contribution in [0.15, 0.2) is 54.6 Å². The third-order valence-electron chi connectivity index (χ3n) is 5.04. The van der Waals surface area contributed by atoms with Gasteiger partial charge < -0.3 is 20.3 Å². The summed E-state index contributed by atoms with van der Waals surface area (Å²) in [6, 6.07) is 16.7. The summed E-state index contributed by atoms with van der Waals surface area (Å²) in [5.41, 5.74) is 0.278. The van der Waals surface area contributed by atoms with Crippen molar-refractivity contribution < 1.29 is 14.3 Å². The molecular weight excluding hydrogens is 378 g/mol. The standard InChI is InChI=1S/C24H31N3O3/c1-24(2,3)26-23(29)27-15-13-18(14-16-27)17-25-22(28)20-11-7-8-12-21(20)30-19-9-5-4-6-10-19/h4-12,18H,13-17H2,1-3H3,(H,25,28)(H,26,29). The first kappa shape index (κ1) is 21.7. The van der Waals surface area contributed by atoms with E-state index in [1.165, 1.54) is 0 Å². The Balaban J connectivity index is 1.51. The number of urea groups is 1. The average molecular weight is 410 g/mol. The Labute approximate surface area is 178 Å². The van der Waals surface area contributed by atoms with Crippen LogP contribution in [0, 0.1) is 5.92 Å². The van der Waals surface area contributed by atoms with Crippen molar-refractivity contribution in [2.75, 3.05) is 19.6 Å². The molecule has 1 aliphatic heterocycles. The summed E-state index contributed by atoms with van der Waals surface area (Å²) >= 11 is 0. The number of hydrogen-bond acceptors (Lipinski definition) is 3. The van der Waals surface area contributed by atoms with Crippen molar-refractivity contribution in [1.29, 1.82) is 0 Å². The number of carbonyl (C=O) groups excluding carboxylic acids is 2. The second-order valence-electron chi connectivity index (χ2n) is 8.73. The first-order chi connectivity index (χ1) is 14.3. The fourth-order valence-electron chi connectivity index (χ4n) is 3.43. The van der Waals surface area contributed by atoms with Crippen molar-refractivity contribution in [1.82, 2.24) is 15.5 Å². The van der Waals surface area contributed by atoms with Crippen molar-refractivity contribution >= 4 is 11.9 Å². The third-order valence-corrected chi connectivity index (χ3v) is 5.04. The summed E-state index contributed by atoms with van der Waals surface area (Å²) in [4.78, 5) is 26.9. The lowest BCUT2D eigenvalue weighted by molar-refractivity contribution is 0.0935. The number of likely N-dealkylation sites (tertiary alicyclic amines) is 1. The van der Waals surface area contributed by atoms with Crippen LogP contribution in [0.2, 0.25) is 0 Å². The van der Waals surface area contributed by atoms with Gasteiger partial charge in [-0.2, -0.15) is 0 Å². The molecule has 1 saturated heterocycles. The van der Waals surface area contributed by atoms with Gasteiger partial charge in [-0.25, -0.2) is 4.79 Å². The molecule has 0 saturated carbocycles. The van der Waals surface area contributed by atoms with Gasteiger partial charge in [0.2, 0.25) is 0 Å². The number of nitrogens with one attached hydrogen (secondary N) is 2. The third kappa shape index (κ3) is 6.24. The first-order valence-electron chi connectivity index (χ1n) is 10.5. The van der Waals surface area contributed by atoms with Crippen LogP contribution in [-0.2, 0) is 0 Å². The van der Waals surface area contributed by atoms with Gasteiger partial charge in [-0.3, -0.25) is 4.79 Å². The van der Waals surface area contributed by atoms with E-state index in [9.17, 15) is 9.59 Å². The molecule has 2 aromatic rings. The lowest BCUT2D eigenvalue weighted by Gasteiger charge is -2.34. The summed E-state index contributed by atoms with van der Waals surface area (Å²) < 4.78 is 5.89.